The largest absolute Gasteiger partial charge is 0.462 e. The fourth-order valence-corrected chi connectivity index (χ4v) is 2.56. The number of ether oxygens (including phenoxy) is 1. The third kappa shape index (κ3) is 4.83. The number of nitro groups is 1. The molecule has 29 heavy (non-hydrogen) atoms. The Balaban J connectivity index is 1.47. The number of benzene rings is 2. The lowest BCUT2D eigenvalue weighted by Crippen LogP contribution is -2.29. The second-order valence-corrected chi connectivity index (χ2v) is 6.03. The van der Waals surface area contributed by atoms with E-state index in [1.165, 1.54) is 30.3 Å². The van der Waals surface area contributed by atoms with Gasteiger partial charge in [-0.1, -0.05) is 18.2 Å². The van der Waals surface area contributed by atoms with E-state index in [9.17, 15) is 24.5 Å². The Kier molecular flexibility index (Phi) is 5.98. The van der Waals surface area contributed by atoms with Crippen LogP contribution in [0.25, 0.3) is 11.0 Å². The Hall–Kier alpha value is -4.01. The number of carbonyl (C=O) groups is 2. The summed E-state index contributed by atoms with van der Waals surface area (Å²) in [6, 6.07) is 13.4. The highest BCUT2D eigenvalue weighted by atomic mass is 16.6. The van der Waals surface area contributed by atoms with E-state index >= 15 is 0 Å². The normalized spacial score (nSPS) is 10.5. The van der Waals surface area contributed by atoms with Gasteiger partial charge >= 0.3 is 11.6 Å². The Morgan fingerprint density at radius 1 is 1.10 bits per heavy atom. The van der Waals surface area contributed by atoms with Crippen molar-refractivity contribution in [2.45, 2.75) is 6.42 Å². The molecule has 9 nitrogen and oxygen atoms in total. The molecule has 0 saturated heterocycles. The summed E-state index contributed by atoms with van der Waals surface area (Å²) in [7, 11) is 0. The maximum Gasteiger partial charge on any atom is 0.349 e. The van der Waals surface area contributed by atoms with Crippen molar-refractivity contribution in [1.82, 2.24) is 5.32 Å². The minimum atomic E-state index is -0.731. The van der Waals surface area contributed by atoms with Crippen LogP contribution >= 0.6 is 0 Å². The minimum Gasteiger partial charge on any atom is -0.462 e. The number of fused-ring (bicyclic) bond motifs is 1. The van der Waals surface area contributed by atoms with E-state index in [0.717, 1.165) is 0 Å². The molecule has 148 valence electrons. The monoisotopic (exact) mass is 396 g/mol. The fraction of sp³-hybridized carbons (Fsp3) is 0.150. The highest BCUT2D eigenvalue weighted by molar-refractivity contribution is 5.96. The molecule has 0 bridgehead atoms. The van der Waals surface area contributed by atoms with Crippen LogP contribution in [0.3, 0.4) is 0 Å². The van der Waals surface area contributed by atoms with E-state index in [2.05, 4.69) is 5.32 Å². The number of esters is 1. The van der Waals surface area contributed by atoms with Gasteiger partial charge in [-0.15, -0.1) is 0 Å². The number of rotatable bonds is 7. The third-order valence-corrected chi connectivity index (χ3v) is 4.04. The van der Waals surface area contributed by atoms with Gasteiger partial charge in [0.2, 0.25) is 0 Å². The van der Waals surface area contributed by atoms with Gasteiger partial charge in [0.1, 0.15) is 11.1 Å². The van der Waals surface area contributed by atoms with E-state index in [-0.39, 0.29) is 30.0 Å². The maximum atomic E-state index is 12.2. The van der Waals surface area contributed by atoms with Crippen LogP contribution in [0.1, 0.15) is 27.1 Å². The highest BCUT2D eigenvalue weighted by Crippen LogP contribution is 2.13. The molecule has 1 heterocycles. The number of non-ortho nitro benzene ring substituents is 1. The van der Waals surface area contributed by atoms with Crippen molar-refractivity contribution in [3.63, 3.8) is 0 Å². The first-order valence-corrected chi connectivity index (χ1v) is 8.68. The van der Waals surface area contributed by atoms with Crippen molar-refractivity contribution < 1.29 is 23.7 Å². The van der Waals surface area contributed by atoms with Gasteiger partial charge in [0.15, 0.2) is 0 Å². The number of hydrogen-bond donors (Lipinski definition) is 1. The Labute approximate surface area is 164 Å². The third-order valence-electron chi connectivity index (χ3n) is 4.04. The van der Waals surface area contributed by atoms with Crippen molar-refractivity contribution >= 4 is 28.5 Å². The predicted octanol–water partition coefficient (Wildman–Crippen LogP) is 2.68. The summed E-state index contributed by atoms with van der Waals surface area (Å²) in [6.45, 7) is 0.209. The number of para-hydroxylation sites is 1. The Morgan fingerprint density at radius 2 is 1.83 bits per heavy atom. The molecule has 0 aliphatic carbocycles. The lowest BCUT2D eigenvalue weighted by Gasteiger charge is -2.07. The summed E-state index contributed by atoms with van der Waals surface area (Å²) in [5.41, 5.74) is -0.375. The van der Waals surface area contributed by atoms with Gasteiger partial charge in [-0.25, -0.2) is 9.59 Å². The standard InChI is InChI=1S/C20H16N2O7/c23-18(16-12-14-4-1-2-5-17(14)29-20(16)25)21-10-3-11-28-19(24)13-6-8-15(9-7-13)22(26)27/h1-2,4-9,12H,3,10-11H2,(H,21,23). The van der Waals surface area contributed by atoms with Crippen molar-refractivity contribution in [3.05, 3.63) is 86.3 Å². The zero-order valence-electron chi connectivity index (χ0n) is 15.1. The van der Waals surface area contributed by atoms with Crippen molar-refractivity contribution in [2.24, 2.45) is 0 Å². The molecule has 9 heteroatoms. The SMILES string of the molecule is O=C(OCCCNC(=O)c1cc2ccccc2oc1=O)c1ccc([N+](=O)[O-])cc1. The first-order valence-electron chi connectivity index (χ1n) is 8.68. The van der Waals surface area contributed by atoms with Crippen LogP contribution in [0.2, 0.25) is 0 Å². The van der Waals surface area contributed by atoms with Crippen LogP contribution < -0.4 is 10.9 Å². The van der Waals surface area contributed by atoms with Crippen LogP contribution in [0.4, 0.5) is 5.69 Å². The fourth-order valence-electron chi connectivity index (χ4n) is 2.56. The molecule has 0 unspecified atom stereocenters. The summed E-state index contributed by atoms with van der Waals surface area (Å²) in [4.78, 5) is 46.0. The van der Waals surface area contributed by atoms with Crippen molar-refractivity contribution in [2.75, 3.05) is 13.2 Å². The first kappa shape index (κ1) is 19.7. The van der Waals surface area contributed by atoms with Crippen LogP contribution in [0.15, 0.2) is 63.8 Å². The second-order valence-electron chi connectivity index (χ2n) is 6.03. The van der Waals surface area contributed by atoms with Gasteiger partial charge in [0, 0.05) is 24.1 Å². The summed E-state index contributed by atoms with van der Waals surface area (Å²) in [5.74, 6) is -1.20. The molecule has 0 atom stereocenters. The summed E-state index contributed by atoms with van der Waals surface area (Å²) in [6.07, 6.45) is 0.323. The number of nitrogens with one attached hydrogen (secondary N) is 1. The number of nitrogens with zero attached hydrogens (tertiary/aromatic N) is 1. The molecule has 0 saturated carbocycles. The summed E-state index contributed by atoms with van der Waals surface area (Å²) >= 11 is 0. The highest BCUT2D eigenvalue weighted by Gasteiger charge is 2.14. The van der Waals surface area contributed by atoms with E-state index in [4.69, 9.17) is 9.15 Å². The second kappa shape index (κ2) is 8.79. The molecule has 3 rings (SSSR count). The minimum absolute atomic E-state index is 0.0302. The number of amides is 1. The van der Waals surface area contributed by atoms with Crippen molar-refractivity contribution in [3.8, 4) is 0 Å². The molecule has 1 aromatic heterocycles. The maximum absolute atomic E-state index is 12.2. The lowest BCUT2D eigenvalue weighted by molar-refractivity contribution is -0.384. The topological polar surface area (TPSA) is 129 Å². The molecule has 0 fully saturated rings. The molecule has 1 amide bonds. The molecule has 0 aliphatic heterocycles. The Bertz CT molecular complexity index is 1120. The van der Waals surface area contributed by atoms with E-state index in [1.807, 2.05) is 0 Å². The zero-order chi connectivity index (χ0) is 20.8. The predicted molar refractivity (Wildman–Crippen MR) is 103 cm³/mol. The van der Waals surface area contributed by atoms with Crippen LogP contribution in [-0.2, 0) is 4.74 Å². The number of carbonyl (C=O) groups excluding carboxylic acids is 2. The van der Waals surface area contributed by atoms with E-state index < -0.39 is 22.4 Å². The average Bonchev–Trinajstić information content (AvgIpc) is 2.72. The smallest absolute Gasteiger partial charge is 0.349 e. The molecule has 0 aliphatic rings. The van der Waals surface area contributed by atoms with E-state index in [0.29, 0.717) is 17.4 Å². The van der Waals surface area contributed by atoms with Gasteiger partial charge in [-0.3, -0.25) is 14.9 Å². The van der Waals surface area contributed by atoms with E-state index in [1.54, 1.807) is 24.3 Å². The molecule has 0 radical (unpaired) electrons. The number of nitro benzene ring substituents is 1. The molecular weight excluding hydrogens is 380 g/mol. The van der Waals surface area contributed by atoms with Gasteiger partial charge in [-0.2, -0.15) is 0 Å². The molecule has 3 aromatic rings. The first-order chi connectivity index (χ1) is 14.0. The quantitative estimate of drug-likeness (QED) is 0.214. The summed E-state index contributed by atoms with van der Waals surface area (Å²) < 4.78 is 10.2. The lowest BCUT2D eigenvalue weighted by atomic mass is 10.2. The number of hydrogen-bond acceptors (Lipinski definition) is 7. The van der Waals surface area contributed by atoms with Crippen molar-refractivity contribution in [1.29, 1.82) is 0 Å². The molecule has 2 aromatic carbocycles. The van der Waals surface area contributed by atoms with Crippen LogP contribution in [0, 0.1) is 10.1 Å². The van der Waals surface area contributed by atoms with Gasteiger partial charge in [0.05, 0.1) is 17.1 Å². The Morgan fingerprint density at radius 3 is 2.55 bits per heavy atom. The average molecular weight is 396 g/mol. The molecule has 0 spiro atoms. The zero-order valence-corrected chi connectivity index (χ0v) is 15.1. The van der Waals surface area contributed by atoms with Gasteiger partial charge in [-0.05, 0) is 30.7 Å². The van der Waals surface area contributed by atoms with Gasteiger partial charge in [0.25, 0.3) is 11.6 Å². The van der Waals surface area contributed by atoms with Crippen LogP contribution in [-0.4, -0.2) is 30.0 Å². The molecule has 1 N–H and O–H groups in total. The molecular formula is C20H16N2O7. The van der Waals surface area contributed by atoms with Gasteiger partial charge < -0.3 is 14.5 Å². The van der Waals surface area contributed by atoms with Crippen LogP contribution in [0.5, 0.6) is 0 Å². The summed E-state index contributed by atoms with van der Waals surface area (Å²) in [5, 5.41) is 13.8.